The predicted octanol–water partition coefficient (Wildman–Crippen LogP) is 3.62. The van der Waals surface area contributed by atoms with Gasteiger partial charge in [0.1, 0.15) is 25.0 Å². The van der Waals surface area contributed by atoms with Crippen molar-refractivity contribution in [2.24, 2.45) is 5.92 Å². The summed E-state index contributed by atoms with van der Waals surface area (Å²) in [5.41, 5.74) is 2.42. The van der Waals surface area contributed by atoms with Gasteiger partial charge in [0, 0.05) is 37.4 Å². The number of alkyl halides is 3. The minimum Gasteiger partial charge on any atom is -0.491 e. The number of aromatic nitrogens is 4. The molecule has 2 aliphatic heterocycles. The van der Waals surface area contributed by atoms with Gasteiger partial charge in [0.05, 0.1) is 18.8 Å². The zero-order valence-corrected chi connectivity index (χ0v) is 20.6. The predicted molar refractivity (Wildman–Crippen MR) is 129 cm³/mol. The van der Waals surface area contributed by atoms with E-state index in [1.807, 2.05) is 6.07 Å². The number of benzene rings is 1. The Kier molecular flexibility index (Phi) is 6.50. The number of carbonyl (C=O) groups excluding carboxylic acids is 1. The average molecular weight is 532 g/mol. The van der Waals surface area contributed by atoms with Crippen molar-refractivity contribution in [3.05, 3.63) is 47.9 Å². The molecule has 1 aromatic carbocycles. The summed E-state index contributed by atoms with van der Waals surface area (Å²) in [7, 11) is 0. The summed E-state index contributed by atoms with van der Waals surface area (Å²) in [6.45, 7) is 1.12. The van der Waals surface area contributed by atoms with Crippen LogP contribution < -0.4 is 14.8 Å². The molecule has 2 aromatic heterocycles. The van der Waals surface area contributed by atoms with Crippen LogP contribution in [0.2, 0.25) is 0 Å². The highest BCUT2D eigenvalue weighted by Gasteiger charge is 2.29. The van der Waals surface area contributed by atoms with Crippen LogP contribution >= 0.6 is 0 Å². The van der Waals surface area contributed by atoms with Gasteiger partial charge in [-0.25, -0.2) is 4.68 Å². The molecule has 0 radical (unpaired) electrons. The zero-order chi connectivity index (χ0) is 26.3. The number of ether oxygens (including phenoxy) is 3. The number of fused-ring (bicyclic) bond motifs is 2. The van der Waals surface area contributed by atoms with E-state index in [4.69, 9.17) is 14.2 Å². The maximum atomic E-state index is 13.0. The minimum absolute atomic E-state index is 0.0492. The zero-order valence-electron chi connectivity index (χ0n) is 20.6. The van der Waals surface area contributed by atoms with Crippen molar-refractivity contribution in [3.8, 4) is 22.8 Å². The molecule has 1 N–H and O–H groups in total. The summed E-state index contributed by atoms with van der Waals surface area (Å²) < 4.78 is 58.2. The van der Waals surface area contributed by atoms with E-state index in [0.29, 0.717) is 49.3 Å². The van der Waals surface area contributed by atoms with Gasteiger partial charge in [0.2, 0.25) is 5.88 Å². The third kappa shape index (κ3) is 5.79. The van der Waals surface area contributed by atoms with Gasteiger partial charge >= 0.3 is 6.18 Å². The van der Waals surface area contributed by atoms with Gasteiger partial charge in [0.15, 0.2) is 5.69 Å². The molecule has 12 heteroatoms. The summed E-state index contributed by atoms with van der Waals surface area (Å²) in [5.74, 6) is 1.62. The van der Waals surface area contributed by atoms with Crippen LogP contribution in [0.25, 0.3) is 11.1 Å². The lowest BCUT2D eigenvalue weighted by molar-refractivity contribution is -0.142. The van der Waals surface area contributed by atoms with Crippen LogP contribution in [0.3, 0.4) is 0 Å². The summed E-state index contributed by atoms with van der Waals surface area (Å²) in [5, 5.41) is 11.2. The van der Waals surface area contributed by atoms with Gasteiger partial charge in [-0.1, -0.05) is 6.07 Å². The fourth-order valence-corrected chi connectivity index (χ4v) is 4.74. The van der Waals surface area contributed by atoms with Crippen molar-refractivity contribution >= 4 is 5.91 Å². The standard InChI is InChI=1S/C26H28F3N5O4/c27-26(28,29)15-33-11-19(10-30-33)17-3-4-23-18(7-17)8-20(13-37-23)31-25(35)22-9-24-34(32-22)6-5-21(38-24)14-36-12-16-1-2-16/h3-4,7,9-11,16,20-21H,1-2,5-6,8,12-15H2,(H,31,35)/t20-,21?/m1/s1. The molecule has 6 rings (SSSR count). The monoisotopic (exact) mass is 531 g/mol. The Morgan fingerprint density at radius 1 is 1.16 bits per heavy atom. The third-order valence-corrected chi connectivity index (χ3v) is 6.89. The van der Waals surface area contributed by atoms with Crippen LogP contribution in [0.15, 0.2) is 36.7 Å². The molecule has 38 heavy (non-hydrogen) atoms. The number of hydrogen-bond donors (Lipinski definition) is 1. The highest BCUT2D eigenvalue weighted by molar-refractivity contribution is 5.92. The molecule has 1 fully saturated rings. The van der Waals surface area contributed by atoms with E-state index in [-0.39, 0.29) is 23.7 Å². The molecule has 3 aromatic rings. The molecule has 202 valence electrons. The van der Waals surface area contributed by atoms with Crippen molar-refractivity contribution in [1.82, 2.24) is 24.9 Å². The molecule has 9 nitrogen and oxygen atoms in total. The van der Waals surface area contributed by atoms with Crippen molar-refractivity contribution in [3.63, 3.8) is 0 Å². The van der Waals surface area contributed by atoms with E-state index in [2.05, 4.69) is 15.5 Å². The van der Waals surface area contributed by atoms with E-state index in [1.165, 1.54) is 25.2 Å². The van der Waals surface area contributed by atoms with Gasteiger partial charge in [0.25, 0.3) is 5.91 Å². The molecule has 0 spiro atoms. The number of aryl methyl sites for hydroxylation is 1. The Balaban J connectivity index is 1.07. The second-order valence-corrected chi connectivity index (χ2v) is 10.2. The molecule has 0 saturated heterocycles. The molecule has 1 amide bonds. The first-order valence-electron chi connectivity index (χ1n) is 12.8. The Morgan fingerprint density at radius 3 is 2.84 bits per heavy atom. The number of carbonyl (C=O) groups is 1. The Bertz CT molecular complexity index is 1320. The lowest BCUT2D eigenvalue weighted by atomic mass is 9.98. The van der Waals surface area contributed by atoms with E-state index >= 15 is 0 Å². The molecular weight excluding hydrogens is 503 g/mol. The van der Waals surface area contributed by atoms with Gasteiger partial charge in [-0.15, -0.1) is 0 Å². The molecule has 2 atom stereocenters. The largest absolute Gasteiger partial charge is 0.491 e. The van der Waals surface area contributed by atoms with Crippen LogP contribution in [-0.2, 0) is 24.2 Å². The highest BCUT2D eigenvalue weighted by Crippen LogP contribution is 2.31. The molecule has 0 bridgehead atoms. The first-order valence-corrected chi connectivity index (χ1v) is 12.8. The topological polar surface area (TPSA) is 92.4 Å². The van der Waals surface area contributed by atoms with E-state index in [1.54, 1.807) is 22.9 Å². The molecule has 3 aliphatic rings. The van der Waals surface area contributed by atoms with E-state index < -0.39 is 12.7 Å². The highest BCUT2D eigenvalue weighted by atomic mass is 19.4. The Morgan fingerprint density at radius 2 is 2.03 bits per heavy atom. The Hall–Kier alpha value is -3.54. The lowest BCUT2D eigenvalue weighted by Crippen LogP contribution is -2.42. The second kappa shape index (κ2) is 9.97. The number of nitrogens with zero attached hydrogens (tertiary/aromatic N) is 4. The number of rotatable bonds is 8. The van der Waals surface area contributed by atoms with Crippen LogP contribution in [0.5, 0.6) is 11.6 Å². The van der Waals surface area contributed by atoms with Crippen LogP contribution in [0.1, 0.15) is 35.3 Å². The molecule has 1 aliphatic carbocycles. The second-order valence-electron chi connectivity index (χ2n) is 10.2. The van der Waals surface area contributed by atoms with Crippen LogP contribution in [0.4, 0.5) is 13.2 Å². The van der Waals surface area contributed by atoms with Gasteiger partial charge < -0.3 is 19.5 Å². The maximum Gasteiger partial charge on any atom is 0.408 e. The summed E-state index contributed by atoms with van der Waals surface area (Å²) in [6, 6.07) is 6.79. The number of nitrogens with one attached hydrogen (secondary N) is 1. The maximum absolute atomic E-state index is 13.0. The van der Waals surface area contributed by atoms with Crippen molar-refractivity contribution in [1.29, 1.82) is 0 Å². The van der Waals surface area contributed by atoms with Gasteiger partial charge in [-0.2, -0.15) is 23.4 Å². The summed E-state index contributed by atoms with van der Waals surface area (Å²) in [4.78, 5) is 13.0. The smallest absolute Gasteiger partial charge is 0.408 e. The lowest BCUT2D eigenvalue weighted by Gasteiger charge is -2.26. The number of hydrogen-bond acceptors (Lipinski definition) is 6. The SMILES string of the molecule is O=C(N[C@H]1COc2ccc(-c3cnn(CC(F)(F)F)c3)cc2C1)c1cc2n(n1)CCC(COCC1CC1)O2. The number of halogens is 3. The molecule has 1 unspecified atom stereocenters. The molecule has 4 heterocycles. The van der Waals surface area contributed by atoms with Crippen LogP contribution in [0, 0.1) is 5.92 Å². The third-order valence-electron chi connectivity index (χ3n) is 6.89. The van der Waals surface area contributed by atoms with Gasteiger partial charge in [-0.3, -0.25) is 9.48 Å². The minimum atomic E-state index is -4.34. The number of amides is 1. The first kappa shape index (κ1) is 24.8. The van der Waals surface area contributed by atoms with Crippen molar-refractivity contribution in [2.75, 3.05) is 19.8 Å². The van der Waals surface area contributed by atoms with Gasteiger partial charge in [-0.05, 0) is 48.4 Å². The quantitative estimate of drug-likeness (QED) is 0.478. The summed E-state index contributed by atoms with van der Waals surface area (Å²) >= 11 is 0. The molecular formula is C26H28F3N5O4. The Labute approximate surface area is 216 Å². The normalized spacial score (nSPS) is 20.7. The average Bonchev–Trinajstić information content (AvgIpc) is 3.41. The first-order chi connectivity index (χ1) is 18.3. The van der Waals surface area contributed by atoms with E-state index in [0.717, 1.165) is 28.8 Å². The van der Waals surface area contributed by atoms with E-state index in [9.17, 15) is 18.0 Å². The fourth-order valence-electron chi connectivity index (χ4n) is 4.74. The summed E-state index contributed by atoms with van der Waals surface area (Å²) in [6.07, 6.45) is 2.14. The fraction of sp³-hybridized carbons (Fsp3) is 0.500. The van der Waals surface area contributed by atoms with Crippen molar-refractivity contribution in [2.45, 2.75) is 57.1 Å². The van der Waals surface area contributed by atoms with Crippen molar-refractivity contribution < 1.29 is 32.2 Å². The molecule has 1 saturated carbocycles. The van der Waals surface area contributed by atoms with Crippen LogP contribution in [-0.4, -0.2) is 63.6 Å².